The molecule has 0 atom stereocenters. The number of halogens is 2. The van der Waals surface area contributed by atoms with Crippen LogP contribution < -0.4 is 4.80 Å². The Hall–Kier alpha value is -1.88. The van der Waals surface area contributed by atoms with Crippen LogP contribution in [0.25, 0.3) is 10.2 Å². The van der Waals surface area contributed by atoms with Crippen LogP contribution >= 0.6 is 34.5 Å². The molecule has 0 spiro atoms. The molecule has 0 unspecified atom stereocenters. The molecule has 27 heavy (non-hydrogen) atoms. The van der Waals surface area contributed by atoms with E-state index < -0.39 is 0 Å². The number of thiazole rings is 1. The second-order valence-electron chi connectivity index (χ2n) is 7.26. The van der Waals surface area contributed by atoms with Crippen molar-refractivity contribution in [1.29, 1.82) is 0 Å². The summed E-state index contributed by atoms with van der Waals surface area (Å²) in [4.78, 5) is 17.6. The maximum absolute atomic E-state index is 12.7. The minimum absolute atomic E-state index is 0.0349. The molecule has 0 saturated carbocycles. The Labute approximate surface area is 172 Å². The second kappa shape index (κ2) is 7.63. The summed E-state index contributed by atoms with van der Waals surface area (Å²) in [7, 11) is 0. The van der Waals surface area contributed by atoms with Gasteiger partial charge in [0.25, 0.3) is 5.91 Å². The summed E-state index contributed by atoms with van der Waals surface area (Å²) in [6.07, 6.45) is 1.75. The zero-order valence-electron chi connectivity index (χ0n) is 15.4. The molecule has 6 heteroatoms. The number of carbonyl (C=O) groups is 1. The molecule has 0 aliphatic heterocycles. The van der Waals surface area contributed by atoms with Crippen LogP contribution in [-0.2, 0) is 12.0 Å². The van der Waals surface area contributed by atoms with Crippen molar-refractivity contribution in [2.24, 2.45) is 4.99 Å². The Bertz CT molecular complexity index is 1090. The number of nitrogens with zero attached hydrogens (tertiary/aromatic N) is 2. The number of rotatable bonds is 3. The smallest absolute Gasteiger partial charge is 0.279 e. The van der Waals surface area contributed by atoms with Crippen molar-refractivity contribution >= 4 is 50.7 Å². The summed E-state index contributed by atoms with van der Waals surface area (Å²) in [5.74, 6) is -0.290. The van der Waals surface area contributed by atoms with Gasteiger partial charge in [-0.3, -0.25) is 4.79 Å². The molecular weight excluding hydrogens is 399 g/mol. The second-order valence-corrected chi connectivity index (χ2v) is 9.12. The van der Waals surface area contributed by atoms with E-state index >= 15 is 0 Å². The summed E-state index contributed by atoms with van der Waals surface area (Å²) in [6.45, 7) is 10.7. The van der Waals surface area contributed by atoms with Gasteiger partial charge < -0.3 is 4.57 Å². The van der Waals surface area contributed by atoms with Gasteiger partial charge in [0.15, 0.2) is 4.80 Å². The van der Waals surface area contributed by atoms with Crippen LogP contribution in [0.1, 0.15) is 36.7 Å². The van der Waals surface area contributed by atoms with E-state index in [1.807, 2.05) is 34.9 Å². The third kappa shape index (κ3) is 4.18. The highest BCUT2D eigenvalue weighted by Gasteiger charge is 2.15. The topological polar surface area (TPSA) is 34.4 Å². The first-order valence-corrected chi connectivity index (χ1v) is 10.1. The van der Waals surface area contributed by atoms with Gasteiger partial charge >= 0.3 is 0 Å². The van der Waals surface area contributed by atoms with Crippen molar-refractivity contribution in [3.8, 4) is 0 Å². The zero-order valence-corrected chi connectivity index (χ0v) is 17.8. The van der Waals surface area contributed by atoms with Crippen LogP contribution in [-0.4, -0.2) is 10.5 Å². The maximum atomic E-state index is 12.7. The molecule has 0 saturated heterocycles. The number of hydrogen-bond acceptors (Lipinski definition) is 2. The standard InChI is InChI=1S/C21H20Cl2N2OS/c1-5-10-25-18-16(23)11-15(22)12-17(18)27-20(25)24-19(26)13-6-8-14(9-7-13)21(2,3)4/h5-9,11-12H,1,10H2,2-4H3. The minimum Gasteiger partial charge on any atom is -0.311 e. The van der Waals surface area contributed by atoms with Gasteiger partial charge in [0.1, 0.15) is 0 Å². The fourth-order valence-corrected chi connectivity index (χ4v) is 4.60. The van der Waals surface area contributed by atoms with Crippen LogP contribution in [0.2, 0.25) is 10.0 Å². The average Bonchev–Trinajstić information content (AvgIpc) is 2.92. The lowest BCUT2D eigenvalue weighted by Gasteiger charge is -2.18. The predicted octanol–water partition coefficient (Wildman–Crippen LogP) is 6.23. The molecular formula is C21H20Cl2N2OS. The Morgan fingerprint density at radius 3 is 2.48 bits per heavy atom. The number of aromatic nitrogens is 1. The van der Waals surface area contributed by atoms with E-state index in [9.17, 15) is 4.79 Å². The molecule has 3 rings (SSSR count). The van der Waals surface area contributed by atoms with Crippen molar-refractivity contribution in [3.05, 3.63) is 75.0 Å². The molecule has 3 aromatic rings. The number of allylic oxidation sites excluding steroid dienone is 1. The van der Waals surface area contributed by atoms with E-state index in [1.54, 1.807) is 12.1 Å². The molecule has 2 aromatic carbocycles. The monoisotopic (exact) mass is 418 g/mol. The third-order valence-electron chi connectivity index (χ3n) is 4.20. The Morgan fingerprint density at radius 1 is 1.22 bits per heavy atom. The van der Waals surface area contributed by atoms with E-state index in [-0.39, 0.29) is 11.3 Å². The van der Waals surface area contributed by atoms with Crippen LogP contribution in [0.3, 0.4) is 0 Å². The van der Waals surface area contributed by atoms with Gasteiger partial charge in [-0.2, -0.15) is 4.99 Å². The lowest BCUT2D eigenvalue weighted by atomic mass is 9.87. The molecule has 1 aromatic heterocycles. The molecule has 140 valence electrons. The van der Waals surface area contributed by atoms with E-state index in [4.69, 9.17) is 23.2 Å². The van der Waals surface area contributed by atoms with Gasteiger partial charge in [-0.15, -0.1) is 6.58 Å². The average molecular weight is 419 g/mol. The third-order valence-corrected chi connectivity index (χ3v) is 5.73. The van der Waals surface area contributed by atoms with Crippen LogP contribution in [0.5, 0.6) is 0 Å². The lowest BCUT2D eigenvalue weighted by Crippen LogP contribution is -2.16. The minimum atomic E-state index is -0.290. The Balaban J connectivity index is 2.09. The van der Waals surface area contributed by atoms with Crippen LogP contribution in [0, 0.1) is 0 Å². The number of benzene rings is 2. The Morgan fingerprint density at radius 2 is 1.89 bits per heavy atom. The molecule has 1 heterocycles. The van der Waals surface area contributed by atoms with Gasteiger partial charge in [-0.25, -0.2) is 0 Å². The summed E-state index contributed by atoms with van der Waals surface area (Å²) in [5.41, 5.74) is 2.56. The van der Waals surface area contributed by atoms with Gasteiger partial charge in [-0.1, -0.05) is 73.5 Å². The zero-order chi connectivity index (χ0) is 19.8. The lowest BCUT2D eigenvalue weighted by molar-refractivity contribution is 0.0998. The van der Waals surface area contributed by atoms with Gasteiger partial charge in [0.2, 0.25) is 0 Å². The largest absolute Gasteiger partial charge is 0.311 e. The normalized spacial score (nSPS) is 12.6. The fraction of sp³-hybridized carbons (Fsp3) is 0.238. The Kier molecular flexibility index (Phi) is 5.61. The summed E-state index contributed by atoms with van der Waals surface area (Å²) in [6, 6.07) is 11.1. The van der Waals surface area contributed by atoms with Crippen molar-refractivity contribution in [2.75, 3.05) is 0 Å². The molecule has 0 aliphatic carbocycles. The summed E-state index contributed by atoms with van der Waals surface area (Å²) < 4.78 is 2.76. The number of carbonyl (C=O) groups excluding carboxylic acids is 1. The number of hydrogen-bond donors (Lipinski definition) is 0. The van der Waals surface area contributed by atoms with Crippen molar-refractivity contribution in [2.45, 2.75) is 32.7 Å². The van der Waals surface area contributed by atoms with E-state index in [2.05, 4.69) is 32.3 Å². The number of fused-ring (bicyclic) bond motifs is 1. The first kappa shape index (κ1) is 19.9. The molecule has 0 N–H and O–H groups in total. The molecule has 0 aliphatic rings. The maximum Gasteiger partial charge on any atom is 0.279 e. The van der Waals surface area contributed by atoms with Gasteiger partial charge in [0, 0.05) is 17.1 Å². The SMILES string of the molecule is C=CCn1c(=NC(=O)c2ccc(C(C)(C)C)cc2)sc2cc(Cl)cc(Cl)c21. The first-order valence-electron chi connectivity index (χ1n) is 8.49. The molecule has 0 radical (unpaired) electrons. The molecule has 1 amide bonds. The molecule has 0 bridgehead atoms. The van der Waals surface area contributed by atoms with Crippen LogP contribution in [0.4, 0.5) is 0 Å². The molecule has 0 fully saturated rings. The van der Waals surface area contributed by atoms with Crippen molar-refractivity contribution < 1.29 is 4.79 Å². The van der Waals surface area contributed by atoms with Crippen LogP contribution in [0.15, 0.2) is 54.0 Å². The van der Waals surface area contributed by atoms with Gasteiger partial charge in [0.05, 0.1) is 15.2 Å². The summed E-state index contributed by atoms with van der Waals surface area (Å²) >= 11 is 13.9. The fourth-order valence-electron chi connectivity index (χ4n) is 2.78. The van der Waals surface area contributed by atoms with Crippen molar-refractivity contribution in [3.63, 3.8) is 0 Å². The number of amides is 1. The highest BCUT2D eigenvalue weighted by atomic mass is 35.5. The first-order chi connectivity index (χ1) is 12.7. The predicted molar refractivity (Wildman–Crippen MR) is 115 cm³/mol. The quantitative estimate of drug-likeness (QED) is 0.463. The van der Waals surface area contributed by atoms with E-state index in [1.165, 1.54) is 16.9 Å². The highest BCUT2D eigenvalue weighted by molar-refractivity contribution is 7.16. The highest BCUT2D eigenvalue weighted by Crippen LogP contribution is 2.30. The van der Waals surface area contributed by atoms with Gasteiger partial charge in [-0.05, 0) is 35.2 Å². The van der Waals surface area contributed by atoms with Crippen molar-refractivity contribution in [1.82, 2.24) is 4.57 Å². The molecule has 3 nitrogen and oxygen atoms in total. The summed E-state index contributed by atoms with van der Waals surface area (Å²) in [5, 5.41) is 1.08. The van der Waals surface area contributed by atoms with E-state index in [0.717, 1.165) is 10.2 Å². The van der Waals surface area contributed by atoms with E-state index in [0.29, 0.717) is 27.0 Å².